The molecule has 0 aliphatic heterocycles. The molecule has 0 saturated heterocycles. The Labute approximate surface area is 203 Å². The van der Waals surface area contributed by atoms with Crippen molar-refractivity contribution in [1.29, 1.82) is 0 Å². The largest absolute Gasteiger partial charge is 0.423 e. The summed E-state index contributed by atoms with van der Waals surface area (Å²) in [6.45, 7) is 4.33. The highest BCUT2D eigenvalue weighted by Crippen LogP contribution is 2.38. The molecule has 2 aromatic carbocycles. The van der Waals surface area contributed by atoms with Gasteiger partial charge in [-0.3, -0.25) is 0 Å². The van der Waals surface area contributed by atoms with Crippen LogP contribution in [0.25, 0.3) is 5.83 Å². The first-order chi connectivity index (χ1) is 16.5. The average Bonchev–Trinajstić information content (AvgIpc) is 2.87. The molecule has 0 radical (unpaired) electrons. The van der Waals surface area contributed by atoms with Gasteiger partial charge in [0.05, 0.1) is 5.56 Å². The van der Waals surface area contributed by atoms with Crippen molar-refractivity contribution in [2.45, 2.75) is 90.4 Å². The molecule has 0 unspecified atom stereocenters. The third-order valence-corrected chi connectivity index (χ3v) is 6.97. The fraction of sp³-hybridized carbons (Fsp3) is 0.500. The lowest BCUT2D eigenvalue weighted by molar-refractivity contribution is 0.0734. The van der Waals surface area contributed by atoms with Gasteiger partial charge in [-0.05, 0) is 73.8 Å². The number of rotatable bonds is 11. The minimum atomic E-state index is -0.851. The van der Waals surface area contributed by atoms with Crippen LogP contribution in [0.2, 0.25) is 0 Å². The van der Waals surface area contributed by atoms with Crippen LogP contribution in [0, 0.1) is 5.92 Å². The van der Waals surface area contributed by atoms with E-state index in [9.17, 15) is 13.6 Å². The van der Waals surface area contributed by atoms with Gasteiger partial charge in [-0.25, -0.2) is 13.6 Å². The number of halogens is 2. The molecule has 0 aromatic heterocycles. The van der Waals surface area contributed by atoms with Crippen LogP contribution in [0.15, 0.2) is 54.4 Å². The van der Waals surface area contributed by atoms with Gasteiger partial charge in [0.1, 0.15) is 11.6 Å². The van der Waals surface area contributed by atoms with Crippen LogP contribution in [-0.4, -0.2) is 5.97 Å². The van der Waals surface area contributed by atoms with Gasteiger partial charge in [0, 0.05) is 12.0 Å². The molecule has 0 atom stereocenters. The van der Waals surface area contributed by atoms with Gasteiger partial charge in [0.25, 0.3) is 0 Å². The van der Waals surface area contributed by atoms with E-state index in [1.54, 1.807) is 0 Å². The Morgan fingerprint density at radius 3 is 2.09 bits per heavy atom. The van der Waals surface area contributed by atoms with Crippen LogP contribution in [0.1, 0.15) is 112 Å². The molecule has 1 saturated carbocycles. The molecule has 0 N–H and O–H groups in total. The maximum Gasteiger partial charge on any atom is 0.343 e. The van der Waals surface area contributed by atoms with Crippen molar-refractivity contribution in [2.24, 2.45) is 5.92 Å². The van der Waals surface area contributed by atoms with E-state index in [2.05, 4.69) is 26.0 Å². The van der Waals surface area contributed by atoms with E-state index in [-0.39, 0.29) is 12.0 Å². The Morgan fingerprint density at radius 1 is 0.824 bits per heavy atom. The first-order valence-corrected chi connectivity index (χ1v) is 13.0. The molecule has 0 heterocycles. The second-order valence-electron chi connectivity index (χ2n) is 9.57. The highest BCUT2D eigenvalue weighted by Gasteiger charge is 2.22. The summed E-state index contributed by atoms with van der Waals surface area (Å²) < 4.78 is 33.9. The summed E-state index contributed by atoms with van der Waals surface area (Å²) in [6, 6.07) is 13.6. The summed E-state index contributed by atoms with van der Waals surface area (Å²) in [5, 5.41) is 0. The summed E-state index contributed by atoms with van der Waals surface area (Å²) in [5.41, 5.74) is 1.75. The Kier molecular flexibility index (Phi) is 10.3. The van der Waals surface area contributed by atoms with Gasteiger partial charge in [0.15, 0.2) is 5.83 Å². The lowest BCUT2D eigenvalue weighted by Crippen LogP contribution is -2.13. The molecule has 0 amide bonds. The molecule has 2 nitrogen and oxygen atoms in total. The smallest absolute Gasteiger partial charge is 0.343 e. The second-order valence-corrected chi connectivity index (χ2v) is 9.57. The number of benzene rings is 2. The summed E-state index contributed by atoms with van der Waals surface area (Å²) in [4.78, 5) is 12.5. The first kappa shape index (κ1) is 26.1. The molecule has 34 heavy (non-hydrogen) atoms. The molecule has 1 aliphatic rings. The number of allylic oxidation sites excluding steroid dienone is 1. The zero-order chi connectivity index (χ0) is 24.3. The first-order valence-electron chi connectivity index (χ1n) is 13.0. The number of carbonyl (C=O) groups is 1. The van der Waals surface area contributed by atoms with E-state index in [4.69, 9.17) is 4.74 Å². The number of unbranched alkanes of at least 4 members (excludes halogenated alkanes) is 3. The third kappa shape index (κ3) is 7.51. The van der Waals surface area contributed by atoms with Crippen molar-refractivity contribution >= 4 is 11.8 Å². The summed E-state index contributed by atoms with van der Waals surface area (Å²) >= 11 is 0. The van der Waals surface area contributed by atoms with Crippen LogP contribution in [0.4, 0.5) is 8.78 Å². The minimum Gasteiger partial charge on any atom is -0.423 e. The molecule has 1 aliphatic carbocycles. The lowest BCUT2D eigenvalue weighted by atomic mass is 9.77. The minimum absolute atomic E-state index is 0.103. The number of hydrogen-bond donors (Lipinski definition) is 0. The van der Waals surface area contributed by atoms with Gasteiger partial charge in [-0.2, -0.15) is 0 Å². The zero-order valence-electron chi connectivity index (χ0n) is 20.6. The maximum absolute atomic E-state index is 14.4. The fourth-order valence-corrected chi connectivity index (χ4v) is 4.89. The van der Waals surface area contributed by atoms with Crippen molar-refractivity contribution in [3.8, 4) is 5.75 Å². The van der Waals surface area contributed by atoms with Crippen molar-refractivity contribution in [1.82, 2.24) is 0 Å². The van der Waals surface area contributed by atoms with Crippen molar-refractivity contribution in [3.05, 3.63) is 71.0 Å². The second kappa shape index (κ2) is 13.4. The van der Waals surface area contributed by atoms with Gasteiger partial charge in [-0.15, -0.1) is 0 Å². The normalized spacial score (nSPS) is 18.9. The van der Waals surface area contributed by atoms with Gasteiger partial charge in [-0.1, -0.05) is 70.2 Å². The van der Waals surface area contributed by atoms with Crippen LogP contribution in [0.5, 0.6) is 5.75 Å². The van der Waals surface area contributed by atoms with E-state index >= 15 is 0 Å². The van der Waals surface area contributed by atoms with Crippen LogP contribution in [0.3, 0.4) is 0 Å². The van der Waals surface area contributed by atoms with Gasteiger partial charge in [0.2, 0.25) is 0 Å². The van der Waals surface area contributed by atoms with E-state index in [1.165, 1.54) is 68.4 Å². The van der Waals surface area contributed by atoms with Crippen LogP contribution >= 0.6 is 0 Å². The topological polar surface area (TPSA) is 26.3 Å². The maximum atomic E-state index is 14.4. The monoisotopic (exact) mass is 468 g/mol. The van der Waals surface area contributed by atoms with E-state index < -0.39 is 17.6 Å². The van der Waals surface area contributed by atoms with Crippen molar-refractivity contribution in [3.63, 3.8) is 0 Å². The molecule has 3 rings (SSSR count). The van der Waals surface area contributed by atoms with Gasteiger partial charge >= 0.3 is 5.97 Å². The van der Waals surface area contributed by atoms with Crippen LogP contribution < -0.4 is 4.74 Å². The Bertz CT molecular complexity index is 923. The molecule has 1 fully saturated rings. The fourth-order valence-electron chi connectivity index (χ4n) is 4.89. The molecule has 184 valence electrons. The predicted molar refractivity (Wildman–Crippen MR) is 135 cm³/mol. The number of esters is 1. The summed E-state index contributed by atoms with van der Waals surface area (Å²) in [5.74, 6) is -0.147. The summed E-state index contributed by atoms with van der Waals surface area (Å²) in [6.07, 6.45) is 11.3. The standard InChI is InChI=1S/C30H38F2O2/c1-3-5-6-7-9-28(31)29(32)25-14-16-26(17-15-25)30(33)34-27-20-18-24(19-21-27)23-12-10-22(8-4-2)11-13-23/h14-23H,3-13H2,1-2H3/b29-28+. The SMILES string of the molecule is CCCCCC/C(F)=C(\F)c1ccc(C(=O)Oc2ccc(C3CCC(CCC)CC3)cc2)cc1. The predicted octanol–water partition coefficient (Wildman–Crippen LogP) is 9.56. The lowest BCUT2D eigenvalue weighted by Gasteiger charge is -2.28. The molecule has 2 aromatic rings. The average molecular weight is 469 g/mol. The van der Waals surface area contributed by atoms with Crippen LogP contribution in [-0.2, 0) is 0 Å². The number of hydrogen-bond acceptors (Lipinski definition) is 2. The highest BCUT2D eigenvalue weighted by molar-refractivity contribution is 5.91. The molecular formula is C30H38F2O2. The quantitative estimate of drug-likeness (QED) is 0.186. The number of carbonyl (C=O) groups excluding carboxylic acids is 1. The Morgan fingerprint density at radius 2 is 1.47 bits per heavy atom. The van der Waals surface area contributed by atoms with Crippen molar-refractivity contribution < 1.29 is 18.3 Å². The Hall–Kier alpha value is -2.49. The van der Waals surface area contributed by atoms with E-state index in [0.29, 0.717) is 23.7 Å². The summed E-state index contributed by atoms with van der Waals surface area (Å²) in [7, 11) is 0. The molecule has 0 bridgehead atoms. The molecule has 4 heteroatoms. The third-order valence-electron chi connectivity index (χ3n) is 6.97. The highest BCUT2D eigenvalue weighted by atomic mass is 19.2. The van der Waals surface area contributed by atoms with E-state index in [1.807, 2.05) is 12.1 Å². The van der Waals surface area contributed by atoms with E-state index in [0.717, 1.165) is 25.2 Å². The molecule has 0 spiro atoms. The zero-order valence-corrected chi connectivity index (χ0v) is 20.6. The van der Waals surface area contributed by atoms with Crippen molar-refractivity contribution in [2.75, 3.05) is 0 Å². The Balaban J connectivity index is 1.53. The number of ether oxygens (including phenoxy) is 1. The molecular weight excluding hydrogens is 430 g/mol. The van der Waals surface area contributed by atoms with Gasteiger partial charge < -0.3 is 4.74 Å².